The number of sulfonamides is 1. The fourth-order valence-corrected chi connectivity index (χ4v) is 3.50. The summed E-state index contributed by atoms with van der Waals surface area (Å²) < 4.78 is 38.6. The van der Waals surface area contributed by atoms with Gasteiger partial charge in [-0.1, -0.05) is 6.07 Å². The van der Waals surface area contributed by atoms with E-state index in [2.05, 4.69) is 15.3 Å². The van der Waals surface area contributed by atoms with E-state index in [0.717, 1.165) is 22.7 Å². The number of fused-ring (bicyclic) bond motifs is 1. The number of amides is 2. The third-order valence-electron chi connectivity index (χ3n) is 4.86. The van der Waals surface area contributed by atoms with Gasteiger partial charge in [0.25, 0.3) is 11.8 Å². The number of hydrogen-bond acceptors (Lipinski definition) is 7. The molecule has 0 fully saturated rings. The molecule has 3 rings (SSSR count). The number of nitrogens with zero attached hydrogens (tertiary/aromatic N) is 4. The monoisotopic (exact) mass is 474 g/mol. The molecule has 0 saturated heterocycles. The third-order valence-corrected chi connectivity index (χ3v) is 6.02. The largest absolute Gasteiger partial charge is 0.869 e. The number of carbonyl (C=O) groups excluding carboxylic acids is 2. The second-order valence-electron chi connectivity index (χ2n) is 7.43. The van der Waals surface area contributed by atoms with Crippen molar-refractivity contribution in [3.05, 3.63) is 59.2 Å². The lowest BCUT2D eigenvalue weighted by molar-refractivity contribution is -0.266. The summed E-state index contributed by atoms with van der Waals surface area (Å²) in [6, 6.07) is 6.54. The van der Waals surface area contributed by atoms with Crippen LogP contribution in [0.15, 0.2) is 36.5 Å². The average molecular weight is 474 g/mol. The maximum atomic E-state index is 13.7. The van der Waals surface area contributed by atoms with Crippen LogP contribution >= 0.6 is 0 Å². The summed E-state index contributed by atoms with van der Waals surface area (Å²) in [5.74, 6) is -2.89. The van der Waals surface area contributed by atoms with Gasteiger partial charge in [0.1, 0.15) is 11.5 Å². The molecule has 1 N–H and O–H groups in total. The van der Waals surface area contributed by atoms with Gasteiger partial charge in [-0.25, -0.2) is 17.8 Å². The van der Waals surface area contributed by atoms with E-state index >= 15 is 0 Å². The molecule has 10 nitrogen and oxygen atoms in total. The molecule has 0 spiro atoms. The summed E-state index contributed by atoms with van der Waals surface area (Å²) in [7, 11) is 0.500. The van der Waals surface area contributed by atoms with Crippen LogP contribution in [0.1, 0.15) is 26.4 Å². The van der Waals surface area contributed by atoms with E-state index in [1.165, 1.54) is 50.4 Å². The van der Waals surface area contributed by atoms with Crippen molar-refractivity contribution in [1.29, 1.82) is 0 Å². The molecule has 33 heavy (non-hydrogen) atoms. The van der Waals surface area contributed by atoms with Gasteiger partial charge in [-0.05, 0) is 35.6 Å². The molecule has 0 bridgehead atoms. The highest BCUT2D eigenvalue weighted by Gasteiger charge is 2.22. The Kier molecular flexibility index (Phi) is 6.49. The summed E-state index contributed by atoms with van der Waals surface area (Å²) in [5.41, 5.74) is -0.306. The molecule has 2 amide bonds. The van der Waals surface area contributed by atoms with Crippen molar-refractivity contribution >= 4 is 38.6 Å². The molecule has 0 unspecified atom stereocenters. The summed E-state index contributed by atoms with van der Waals surface area (Å²) >= 11 is 0. The first-order valence-corrected chi connectivity index (χ1v) is 11.4. The predicted octanol–water partition coefficient (Wildman–Crippen LogP) is 0.870. The van der Waals surface area contributed by atoms with Crippen molar-refractivity contribution in [2.75, 3.05) is 31.7 Å². The van der Waals surface area contributed by atoms with E-state index in [9.17, 15) is 27.5 Å². The fraction of sp³-hybridized carbons (Fsp3) is 0.238. The van der Waals surface area contributed by atoms with Gasteiger partial charge in [-0.2, -0.15) is 0 Å². The maximum absolute atomic E-state index is 13.7. The number of pyridine rings is 2. The Morgan fingerprint density at radius 3 is 2.52 bits per heavy atom. The summed E-state index contributed by atoms with van der Waals surface area (Å²) in [5, 5.41) is 15.5. The lowest BCUT2D eigenvalue weighted by Crippen LogP contribution is -2.30. The van der Waals surface area contributed by atoms with Crippen LogP contribution in [-0.4, -0.2) is 62.5 Å². The van der Waals surface area contributed by atoms with Crippen LogP contribution in [0.25, 0.3) is 10.9 Å². The zero-order chi connectivity index (χ0) is 24.5. The zero-order valence-corrected chi connectivity index (χ0v) is 19.1. The maximum Gasteiger partial charge on any atom is 0.269 e. The lowest BCUT2D eigenvalue weighted by atomic mass is 10.1. The normalized spacial score (nSPS) is 11.3. The molecule has 0 radical (unpaired) electrons. The Balaban J connectivity index is 2.01. The van der Waals surface area contributed by atoms with Gasteiger partial charge in [-0.15, -0.1) is 0 Å². The number of hydrogen-bond donors (Lipinski definition) is 1. The van der Waals surface area contributed by atoms with Crippen molar-refractivity contribution in [2.24, 2.45) is 0 Å². The van der Waals surface area contributed by atoms with Crippen molar-refractivity contribution in [1.82, 2.24) is 20.2 Å². The van der Waals surface area contributed by atoms with Crippen molar-refractivity contribution in [3.63, 3.8) is 0 Å². The molecule has 3 aromatic rings. The van der Waals surface area contributed by atoms with E-state index < -0.39 is 39.1 Å². The molecular weight excluding hydrogens is 453 g/mol. The molecule has 12 heteroatoms. The molecule has 0 aliphatic rings. The van der Waals surface area contributed by atoms with Crippen LogP contribution in [0, 0.1) is 5.82 Å². The molecule has 0 aliphatic heterocycles. The third kappa shape index (κ3) is 4.85. The Bertz CT molecular complexity index is 1360. The van der Waals surface area contributed by atoms with E-state index in [1.54, 1.807) is 0 Å². The van der Waals surface area contributed by atoms with Crippen molar-refractivity contribution in [3.8, 4) is 5.75 Å². The number of rotatable bonds is 6. The van der Waals surface area contributed by atoms with Gasteiger partial charge in [0.05, 0.1) is 11.8 Å². The van der Waals surface area contributed by atoms with E-state index in [-0.39, 0.29) is 28.8 Å². The number of carbonyl (C=O) groups is 2. The molecule has 0 saturated carbocycles. The number of nitrogens with one attached hydrogen (secondary N) is 1. The Morgan fingerprint density at radius 1 is 1.18 bits per heavy atom. The second kappa shape index (κ2) is 8.98. The van der Waals surface area contributed by atoms with E-state index in [4.69, 9.17) is 0 Å². The number of aromatic nitrogens is 2. The van der Waals surface area contributed by atoms with Crippen LogP contribution < -0.4 is 14.7 Å². The van der Waals surface area contributed by atoms with Gasteiger partial charge in [0.2, 0.25) is 10.0 Å². The molecular formula is C21H21FN5O5S-. The van der Waals surface area contributed by atoms with Crippen LogP contribution in [0.3, 0.4) is 0 Å². The van der Waals surface area contributed by atoms with Crippen LogP contribution in [0.4, 0.5) is 10.2 Å². The van der Waals surface area contributed by atoms with Crippen LogP contribution in [-0.2, 0) is 16.6 Å². The molecule has 174 valence electrons. The first kappa shape index (κ1) is 23.9. The predicted molar refractivity (Wildman–Crippen MR) is 118 cm³/mol. The van der Waals surface area contributed by atoms with E-state index in [0.29, 0.717) is 5.56 Å². The van der Waals surface area contributed by atoms with Gasteiger partial charge < -0.3 is 15.3 Å². The van der Waals surface area contributed by atoms with Crippen LogP contribution in [0.2, 0.25) is 0 Å². The lowest BCUT2D eigenvalue weighted by Gasteiger charge is -2.22. The SMILES string of the molecule is CN(C)C(=O)c1cc(F)ccc1CNC(=O)c1nc(N(C)S(C)(=O)=O)c2cccnc2c1[O-]. The minimum Gasteiger partial charge on any atom is -0.869 e. The Hall–Kier alpha value is -3.80. The van der Waals surface area contributed by atoms with Crippen molar-refractivity contribution in [2.45, 2.75) is 6.54 Å². The van der Waals surface area contributed by atoms with Crippen molar-refractivity contribution < 1.29 is 27.5 Å². The smallest absolute Gasteiger partial charge is 0.269 e. The Morgan fingerprint density at radius 2 is 1.88 bits per heavy atom. The highest BCUT2D eigenvalue weighted by atomic mass is 32.2. The standard InChI is InChI=1S/C21H22FN5O5S/c1-26(2)21(30)15-10-13(22)8-7-12(15)11-24-20(29)17-18(28)16-14(6-5-9-23-16)19(25-17)27(3)33(4,31)32/h5-10,28H,11H2,1-4H3,(H,24,29)/p-1. The fourth-order valence-electron chi connectivity index (χ4n) is 3.05. The highest BCUT2D eigenvalue weighted by Crippen LogP contribution is 2.31. The van der Waals surface area contributed by atoms with Gasteiger partial charge in [0, 0.05) is 44.8 Å². The van der Waals surface area contributed by atoms with Crippen LogP contribution in [0.5, 0.6) is 5.75 Å². The summed E-state index contributed by atoms with van der Waals surface area (Å²) in [4.78, 5) is 34.5. The minimum atomic E-state index is -3.75. The first-order valence-electron chi connectivity index (χ1n) is 9.59. The second-order valence-corrected chi connectivity index (χ2v) is 9.44. The summed E-state index contributed by atoms with van der Waals surface area (Å²) in [6.45, 7) is -0.202. The zero-order valence-electron chi connectivity index (χ0n) is 18.3. The average Bonchev–Trinajstić information content (AvgIpc) is 2.76. The number of halogens is 1. The number of anilines is 1. The quantitative estimate of drug-likeness (QED) is 0.560. The van der Waals surface area contributed by atoms with E-state index in [1.807, 2.05) is 0 Å². The summed E-state index contributed by atoms with van der Waals surface area (Å²) in [6.07, 6.45) is 2.30. The topological polar surface area (TPSA) is 136 Å². The van der Waals surface area contributed by atoms with Gasteiger partial charge >= 0.3 is 0 Å². The number of benzene rings is 1. The molecule has 1 aromatic carbocycles. The Labute approximate surface area is 189 Å². The molecule has 0 atom stereocenters. The van der Waals surface area contributed by atoms with Gasteiger partial charge in [0.15, 0.2) is 5.82 Å². The molecule has 0 aliphatic carbocycles. The first-order chi connectivity index (χ1) is 15.4. The molecule has 2 aromatic heterocycles. The van der Waals surface area contributed by atoms with Gasteiger partial charge in [-0.3, -0.25) is 18.9 Å². The molecule has 2 heterocycles. The highest BCUT2D eigenvalue weighted by molar-refractivity contribution is 7.92. The minimum absolute atomic E-state index is 0.0493.